The van der Waals surface area contributed by atoms with Crippen molar-refractivity contribution in [1.82, 2.24) is 9.78 Å². The zero-order valence-electron chi connectivity index (χ0n) is 9.19. The predicted molar refractivity (Wildman–Crippen MR) is 58.3 cm³/mol. The van der Waals surface area contributed by atoms with Gasteiger partial charge in [-0.1, -0.05) is 0 Å². The molecule has 0 saturated heterocycles. The molecule has 4 nitrogen and oxygen atoms in total. The van der Waals surface area contributed by atoms with Crippen molar-refractivity contribution in [2.75, 3.05) is 6.54 Å². The number of rotatable bonds is 5. The van der Waals surface area contributed by atoms with Crippen LogP contribution in [0, 0.1) is 5.92 Å². The highest BCUT2D eigenvalue weighted by atomic mass is 16.3. The smallest absolute Gasteiger partial charge is 0.0801 e. The van der Waals surface area contributed by atoms with Crippen molar-refractivity contribution in [3.8, 4) is 0 Å². The van der Waals surface area contributed by atoms with Gasteiger partial charge in [-0.3, -0.25) is 4.68 Å². The monoisotopic (exact) mass is 209 g/mol. The summed E-state index contributed by atoms with van der Waals surface area (Å²) < 4.78 is 1.85. The zero-order valence-corrected chi connectivity index (χ0v) is 9.19. The fraction of sp³-hybridized carbons (Fsp3) is 0.727. The highest BCUT2D eigenvalue weighted by Crippen LogP contribution is 2.41. The Hall–Kier alpha value is -0.870. The molecule has 1 aromatic heterocycles. The van der Waals surface area contributed by atoms with Gasteiger partial charge in [-0.05, 0) is 37.7 Å². The van der Waals surface area contributed by atoms with E-state index in [9.17, 15) is 5.11 Å². The van der Waals surface area contributed by atoms with Crippen LogP contribution in [0.2, 0.25) is 0 Å². The first-order chi connectivity index (χ1) is 7.15. The molecule has 0 bridgehead atoms. The topological polar surface area (TPSA) is 64.1 Å². The van der Waals surface area contributed by atoms with Crippen molar-refractivity contribution in [2.24, 2.45) is 18.7 Å². The summed E-state index contributed by atoms with van der Waals surface area (Å²) in [5, 5.41) is 14.4. The van der Waals surface area contributed by atoms with Crippen molar-refractivity contribution in [2.45, 2.75) is 31.3 Å². The highest BCUT2D eigenvalue weighted by Gasteiger charge is 2.42. The standard InChI is InChI=1S/C11H19N3O/c1-14-10(5-7-13-14)4-6-11(15,8-12)9-2-3-9/h5,7,9,15H,2-4,6,8,12H2,1H3. The number of aliphatic hydroxyl groups is 1. The van der Waals surface area contributed by atoms with Crippen LogP contribution < -0.4 is 5.73 Å². The van der Waals surface area contributed by atoms with Crippen LogP contribution in [-0.2, 0) is 13.5 Å². The van der Waals surface area contributed by atoms with E-state index in [1.807, 2.05) is 17.8 Å². The van der Waals surface area contributed by atoms with Crippen LogP contribution in [0.4, 0.5) is 0 Å². The van der Waals surface area contributed by atoms with E-state index >= 15 is 0 Å². The zero-order chi connectivity index (χ0) is 10.9. The van der Waals surface area contributed by atoms with Crippen LogP contribution in [-0.4, -0.2) is 27.0 Å². The number of aryl methyl sites for hydroxylation is 2. The van der Waals surface area contributed by atoms with Crippen molar-refractivity contribution in [3.05, 3.63) is 18.0 Å². The molecule has 3 N–H and O–H groups in total. The van der Waals surface area contributed by atoms with Crippen LogP contribution in [0.15, 0.2) is 12.3 Å². The van der Waals surface area contributed by atoms with Gasteiger partial charge in [-0.2, -0.15) is 5.10 Å². The van der Waals surface area contributed by atoms with Gasteiger partial charge in [-0.25, -0.2) is 0 Å². The minimum atomic E-state index is -0.649. The number of nitrogens with two attached hydrogens (primary N) is 1. The summed E-state index contributed by atoms with van der Waals surface area (Å²) in [5.41, 5.74) is 6.16. The molecule has 4 heteroatoms. The molecule has 1 saturated carbocycles. The Balaban J connectivity index is 1.94. The summed E-state index contributed by atoms with van der Waals surface area (Å²) >= 11 is 0. The van der Waals surface area contributed by atoms with Crippen LogP contribution >= 0.6 is 0 Å². The number of hydrogen-bond acceptors (Lipinski definition) is 3. The first-order valence-corrected chi connectivity index (χ1v) is 5.55. The van der Waals surface area contributed by atoms with Gasteiger partial charge >= 0.3 is 0 Å². The molecule has 0 amide bonds. The van der Waals surface area contributed by atoms with E-state index in [4.69, 9.17) is 5.73 Å². The first kappa shape index (κ1) is 10.6. The van der Waals surface area contributed by atoms with Gasteiger partial charge < -0.3 is 10.8 Å². The fourth-order valence-electron chi connectivity index (χ4n) is 2.08. The van der Waals surface area contributed by atoms with Gasteiger partial charge in [0.2, 0.25) is 0 Å². The third-order valence-electron chi connectivity index (χ3n) is 3.43. The number of hydrogen-bond donors (Lipinski definition) is 2. The van der Waals surface area contributed by atoms with Crippen LogP contribution in [0.5, 0.6) is 0 Å². The molecule has 1 atom stereocenters. The second-order valence-corrected chi connectivity index (χ2v) is 4.53. The van der Waals surface area contributed by atoms with Gasteiger partial charge in [0.15, 0.2) is 0 Å². The quantitative estimate of drug-likeness (QED) is 0.740. The molecule has 1 unspecified atom stereocenters. The van der Waals surface area contributed by atoms with Crippen molar-refractivity contribution in [1.29, 1.82) is 0 Å². The molecule has 1 aromatic rings. The Kier molecular flexibility index (Phi) is 2.80. The van der Waals surface area contributed by atoms with E-state index in [2.05, 4.69) is 5.10 Å². The molecule has 0 spiro atoms. The Bertz CT molecular complexity index is 332. The normalized spacial score (nSPS) is 20.2. The van der Waals surface area contributed by atoms with Gasteiger partial charge in [-0.15, -0.1) is 0 Å². The molecular weight excluding hydrogens is 190 g/mol. The summed E-state index contributed by atoms with van der Waals surface area (Å²) in [5.74, 6) is 0.427. The fourth-order valence-corrected chi connectivity index (χ4v) is 2.08. The molecule has 15 heavy (non-hydrogen) atoms. The van der Waals surface area contributed by atoms with Gasteiger partial charge in [0, 0.05) is 25.5 Å². The first-order valence-electron chi connectivity index (χ1n) is 5.55. The van der Waals surface area contributed by atoms with E-state index in [0.29, 0.717) is 12.5 Å². The molecule has 84 valence electrons. The lowest BCUT2D eigenvalue weighted by atomic mass is 9.91. The molecule has 0 aliphatic heterocycles. The lowest BCUT2D eigenvalue weighted by molar-refractivity contribution is 0.0177. The van der Waals surface area contributed by atoms with Gasteiger partial charge in [0.1, 0.15) is 0 Å². The molecule has 1 aliphatic carbocycles. The predicted octanol–water partition coefficient (Wildman–Crippen LogP) is 0.452. The average molecular weight is 209 g/mol. The van der Waals surface area contributed by atoms with E-state index in [0.717, 1.165) is 31.4 Å². The van der Waals surface area contributed by atoms with Gasteiger partial charge in [0.25, 0.3) is 0 Å². The van der Waals surface area contributed by atoms with E-state index < -0.39 is 5.60 Å². The molecule has 1 heterocycles. The average Bonchev–Trinajstić information content (AvgIpc) is 3.01. The highest BCUT2D eigenvalue weighted by molar-refractivity contribution is 5.04. The molecule has 0 radical (unpaired) electrons. The summed E-state index contributed by atoms with van der Waals surface area (Å²) in [6, 6.07) is 1.99. The second kappa shape index (κ2) is 3.94. The number of nitrogens with zero attached hydrogens (tertiary/aromatic N) is 2. The summed E-state index contributed by atoms with van der Waals surface area (Å²) in [6.07, 6.45) is 5.63. The molecule has 0 aromatic carbocycles. The maximum atomic E-state index is 10.3. The van der Waals surface area contributed by atoms with E-state index in [-0.39, 0.29) is 0 Å². The summed E-state index contributed by atoms with van der Waals surface area (Å²) in [4.78, 5) is 0. The van der Waals surface area contributed by atoms with Crippen LogP contribution in [0.1, 0.15) is 25.0 Å². The van der Waals surface area contributed by atoms with Crippen LogP contribution in [0.3, 0.4) is 0 Å². The minimum absolute atomic E-state index is 0.371. The second-order valence-electron chi connectivity index (χ2n) is 4.53. The van der Waals surface area contributed by atoms with Crippen molar-refractivity contribution < 1.29 is 5.11 Å². The van der Waals surface area contributed by atoms with Crippen molar-refractivity contribution >= 4 is 0 Å². The molecule has 2 rings (SSSR count). The van der Waals surface area contributed by atoms with Crippen molar-refractivity contribution in [3.63, 3.8) is 0 Å². The third kappa shape index (κ3) is 2.21. The molecular formula is C11H19N3O. The number of aromatic nitrogens is 2. The van der Waals surface area contributed by atoms with Crippen LogP contribution in [0.25, 0.3) is 0 Å². The Morgan fingerprint density at radius 2 is 2.40 bits per heavy atom. The lowest BCUT2D eigenvalue weighted by Crippen LogP contribution is -2.40. The Morgan fingerprint density at radius 1 is 1.67 bits per heavy atom. The van der Waals surface area contributed by atoms with Gasteiger partial charge in [0.05, 0.1) is 5.60 Å². The Labute approximate surface area is 90.1 Å². The minimum Gasteiger partial charge on any atom is -0.388 e. The third-order valence-corrected chi connectivity index (χ3v) is 3.43. The molecule has 1 aliphatic rings. The summed E-state index contributed by atoms with van der Waals surface area (Å²) in [6.45, 7) is 0.371. The maximum absolute atomic E-state index is 10.3. The largest absolute Gasteiger partial charge is 0.388 e. The summed E-state index contributed by atoms with van der Waals surface area (Å²) in [7, 11) is 1.92. The molecule has 1 fully saturated rings. The SMILES string of the molecule is Cn1nccc1CCC(O)(CN)C1CC1. The maximum Gasteiger partial charge on any atom is 0.0801 e. The lowest BCUT2D eigenvalue weighted by Gasteiger charge is -2.26. The van der Waals surface area contributed by atoms with E-state index in [1.165, 1.54) is 0 Å². The Morgan fingerprint density at radius 3 is 2.87 bits per heavy atom. The van der Waals surface area contributed by atoms with E-state index in [1.54, 1.807) is 6.20 Å².